The largest absolute Gasteiger partial charge is 0.272 e. The Bertz CT molecular complexity index is 1110. The first-order valence-electron chi connectivity index (χ1n) is 10.8. The molecule has 1 aliphatic carbocycles. The minimum atomic E-state index is -0.146. The Labute approximate surface area is 180 Å². The van der Waals surface area contributed by atoms with E-state index in [2.05, 4.69) is 21.1 Å². The van der Waals surface area contributed by atoms with E-state index in [0.29, 0.717) is 18.1 Å². The van der Waals surface area contributed by atoms with E-state index in [4.69, 9.17) is 10.1 Å². The molecule has 5 rings (SSSR count). The zero-order valence-corrected chi connectivity index (χ0v) is 17.2. The molecule has 2 aromatic heterocycles. The van der Waals surface area contributed by atoms with Crippen molar-refractivity contribution in [3.05, 3.63) is 54.2 Å². The van der Waals surface area contributed by atoms with Gasteiger partial charge in [-0.2, -0.15) is 10.4 Å². The minimum absolute atomic E-state index is 0.0129. The lowest BCUT2D eigenvalue weighted by Crippen LogP contribution is -2.37. The van der Waals surface area contributed by atoms with Gasteiger partial charge in [-0.15, -0.1) is 0 Å². The van der Waals surface area contributed by atoms with Gasteiger partial charge in [-0.1, -0.05) is 0 Å². The number of hydrogen-bond acceptors (Lipinski definition) is 6. The fraction of sp³-hybridized carbons (Fsp3) is 0.435. The standard InChI is InChI=1S/C23H24N6O2/c24-12-17-3-6-21-19(11-17)13-27-28(21)15-16-1-4-18(5-2-16)23(30)29-22(7-10-31-29)20-14-25-8-9-26-20/h3,6,8-9,11,13-14,16,18,22H,1-2,4-5,7,10,15H2/t16-,18-,22-/m0/s1. The molecule has 3 aromatic rings. The van der Waals surface area contributed by atoms with E-state index in [9.17, 15) is 4.79 Å². The van der Waals surface area contributed by atoms with Gasteiger partial charge >= 0.3 is 0 Å². The maximum Gasteiger partial charge on any atom is 0.249 e. The van der Waals surface area contributed by atoms with E-state index in [1.165, 1.54) is 0 Å². The van der Waals surface area contributed by atoms with Crippen LogP contribution < -0.4 is 0 Å². The summed E-state index contributed by atoms with van der Waals surface area (Å²) in [6.45, 7) is 1.36. The van der Waals surface area contributed by atoms with E-state index in [-0.39, 0.29) is 17.9 Å². The van der Waals surface area contributed by atoms with Crippen LogP contribution >= 0.6 is 0 Å². The van der Waals surface area contributed by atoms with Crippen molar-refractivity contribution in [1.82, 2.24) is 24.8 Å². The molecule has 0 spiro atoms. The molecule has 0 unspecified atom stereocenters. The van der Waals surface area contributed by atoms with Crippen molar-refractivity contribution in [3.8, 4) is 6.07 Å². The van der Waals surface area contributed by atoms with Gasteiger partial charge in [0.15, 0.2) is 0 Å². The predicted octanol–water partition coefficient (Wildman–Crippen LogP) is 3.41. The van der Waals surface area contributed by atoms with Crippen molar-refractivity contribution in [3.63, 3.8) is 0 Å². The van der Waals surface area contributed by atoms with Crippen molar-refractivity contribution in [2.24, 2.45) is 11.8 Å². The van der Waals surface area contributed by atoms with Gasteiger partial charge in [-0.05, 0) is 49.8 Å². The molecule has 2 aliphatic rings. The molecule has 0 radical (unpaired) electrons. The topological polar surface area (TPSA) is 96.9 Å². The van der Waals surface area contributed by atoms with E-state index in [1.54, 1.807) is 23.7 Å². The Kier molecular flexibility index (Phi) is 5.35. The van der Waals surface area contributed by atoms with Crippen LogP contribution in [0, 0.1) is 23.2 Å². The molecule has 1 saturated carbocycles. The first kappa shape index (κ1) is 19.6. The average molecular weight is 416 g/mol. The van der Waals surface area contributed by atoms with Gasteiger partial charge in [0.1, 0.15) is 6.04 Å². The summed E-state index contributed by atoms with van der Waals surface area (Å²) in [5.41, 5.74) is 2.48. The SMILES string of the molecule is N#Cc1ccc2c(cnn2C[C@H]2CC[C@H](C(=O)N3OCC[C@H]3c3cnccn3)CC2)c1. The molecule has 2 fully saturated rings. The van der Waals surface area contributed by atoms with Gasteiger partial charge in [0.2, 0.25) is 5.91 Å². The Morgan fingerprint density at radius 3 is 2.81 bits per heavy atom. The number of benzene rings is 1. The molecule has 1 saturated heterocycles. The molecule has 158 valence electrons. The highest BCUT2D eigenvalue weighted by Crippen LogP contribution is 2.36. The summed E-state index contributed by atoms with van der Waals surface area (Å²) in [5.74, 6) is 0.541. The highest BCUT2D eigenvalue weighted by atomic mass is 16.7. The van der Waals surface area contributed by atoms with Crippen LogP contribution in [0.5, 0.6) is 0 Å². The fourth-order valence-corrected chi connectivity index (χ4v) is 4.76. The van der Waals surface area contributed by atoms with Crippen molar-refractivity contribution in [2.45, 2.75) is 44.7 Å². The fourth-order valence-electron chi connectivity index (χ4n) is 4.76. The molecule has 1 aliphatic heterocycles. The van der Waals surface area contributed by atoms with E-state index < -0.39 is 0 Å². The van der Waals surface area contributed by atoms with Crippen molar-refractivity contribution >= 4 is 16.8 Å². The highest BCUT2D eigenvalue weighted by Gasteiger charge is 2.38. The highest BCUT2D eigenvalue weighted by molar-refractivity contribution is 5.80. The number of carbonyl (C=O) groups is 1. The lowest BCUT2D eigenvalue weighted by molar-refractivity contribution is -0.183. The number of aromatic nitrogens is 4. The second-order valence-electron chi connectivity index (χ2n) is 8.36. The van der Waals surface area contributed by atoms with Gasteiger partial charge in [0, 0.05) is 36.7 Å². The van der Waals surface area contributed by atoms with Crippen LogP contribution in [-0.4, -0.2) is 37.3 Å². The maximum absolute atomic E-state index is 13.2. The smallest absolute Gasteiger partial charge is 0.249 e. The third kappa shape index (κ3) is 3.89. The number of carbonyl (C=O) groups excluding carboxylic acids is 1. The Morgan fingerprint density at radius 2 is 2.03 bits per heavy atom. The predicted molar refractivity (Wildman–Crippen MR) is 112 cm³/mol. The third-order valence-electron chi connectivity index (χ3n) is 6.44. The first-order chi connectivity index (χ1) is 15.2. The lowest BCUT2D eigenvalue weighted by Gasteiger charge is -2.31. The number of fused-ring (bicyclic) bond motifs is 1. The van der Waals surface area contributed by atoms with Crippen molar-refractivity contribution in [1.29, 1.82) is 5.26 Å². The van der Waals surface area contributed by atoms with Gasteiger partial charge in [0.25, 0.3) is 0 Å². The van der Waals surface area contributed by atoms with E-state index >= 15 is 0 Å². The summed E-state index contributed by atoms with van der Waals surface area (Å²) in [4.78, 5) is 27.3. The minimum Gasteiger partial charge on any atom is -0.272 e. The first-order valence-corrected chi connectivity index (χ1v) is 10.8. The van der Waals surface area contributed by atoms with Crippen LogP contribution in [0.25, 0.3) is 10.9 Å². The third-order valence-corrected chi connectivity index (χ3v) is 6.44. The monoisotopic (exact) mass is 416 g/mol. The molecule has 3 heterocycles. The molecule has 1 amide bonds. The normalized spacial score (nSPS) is 23.7. The summed E-state index contributed by atoms with van der Waals surface area (Å²) in [5, 5.41) is 16.1. The lowest BCUT2D eigenvalue weighted by atomic mass is 9.81. The van der Waals surface area contributed by atoms with Crippen LogP contribution in [0.2, 0.25) is 0 Å². The molecule has 1 aromatic carbocycles. The zero-order chi connectivity index (χ0) is 21.2. The summed E-state index contributed by atoms with van der Waals surface area (Å²) >= 11 is 0. The molecule has 0 N–H and O–H groups in total. The number of hydroxylamine groups is 2. The second kappa shape index (κ2) is 8.44. The molecule has 1 atom stereocenters. The van der Waals surface area contributed by atoms with Gasteiger partial charge in [0.05, 0.1) is 41.8 Å². The zero-order valence-electron chi connectivity index (χ0n) is 17.2. The molecular weight excluding hydrogens is 392 g/mol. The Balaban J connectivity index is 1.21. The summed E-state index contributed by atoms with van der Waals surface area (Å²) < 4.78 is 2.02. The van der Waals surface area contributed by atoms with Crippen molar-refractivity contribution < 1.29 is 9.63 Å². The van der Waals surface area contributed by atoms with Gasteiger partial charge < -0.3 is 0 Å². The molecule has 8 heteroatoms. The summed E-state index contributed by atoms with van der Waals surface area (Å²) in [6, 6.07) is 7.70. The van der Waals surface area contributed by atoms with E-state index in [1.807, 2.05) is 29.1 Å². The Morgan fingerprint density at radius 1 is 1.16 bits per heavy atom. The molecule has 0 bridgehead atoms. The number of amides is 1. The van der Waals surface area contributed by atoms with Crippen LogP contribution in [-0.2, 0) is 16.2 Å². The maximum atomic E-state index is 13.2. The van der Waals surface area contributed by atoms with Crippen LogP contribution in [0.3, 0.4) is 0 Å². The Hall–Kier alpha value is -3.31. The summed E-state index contributed by atoms with van der Waals surface area (Å²) in [6.07, 6.45) is 11.3. The number of nitriles is 1. The molecule has 8 nitrogen and oxygen atoms in total. The second-order valence-corrected chi connectivity index (χ2v) is 8.36. The van der Waals surface area contributed by atoms with Crippen molar-refractivity contribution in [2.75, 3.05) is 6.61 Å². The van der Waals surface area contributed by atoms with Gasteiger partial charge in [-0.3, -0.25) is 24.3 Å². The quantitative estimate of drug-likeness (QED) is 0.647. The molecule has 31 heavy (non-hydrogen) atoms. The van der Waals surface area contributed by atoms with Crippen LogP contribution in [0.15, 0.2) is 43.0 Å². The van der Waals surface area contributed by atoms with Gasteiger partial charge in [-0.25, -0.2) is 5.06 Å². The number of nitrogens with zero attached hydrogens (tertiary/aromatic N) is 6. The van der Waals surface area contributed by atoms with E-state index in [0.717, 1.165) is 55.2 Å². The summed E-state index contributed by atoms with van der Waals surface area (Å²) in [7, 11) is 0. The molecular formula is C23H24N6O2. The number of rotatable bonds is 4. The average Bonchev–Trinajstić information content (AvgIpc) is 3.47. The number of hydrogen-bond donors (Lipinski definition) is 0. The van der Waals surface area contributed by atoms with Crippen LogP contribution in [0.1, 0.15) is 49.4 Å². The van der Waals surface area contributed by atoms with Crippen LogP contribution in [0.4, 0.5) is 0 Å².